The Hall–Kier alpha value is -2.09. The third-order valence-electron chi connectivity index (χ3n) is 1.99. The average molecular weight is 206 g/mol. The molecule has 0 aliphatic rings. The van der Waals surface area contributed by atoms with Gasteiger partial charge in [-0.1, -0.05) is 0 Å². The van der Waals surface area contributed by atoms with Gasteiger partial charge in [0.1, 0.15) is 5.75 Å². The Bertz CT molecular complexity index is 410. The molecule has 0 N–H and O–H groups in total. The van der Waals surface area contributed by atoms with E-state index in [2.05, 4.69) is 0 Å². The van der Waals surface area contributed by atoms with E-state index in [1.807, 2.05) is 6.07 Å². The second-order valence-corrected chi connectivity index (χ2v) is 2.91. The Morgan fingerprint density at radius 1 is 1.60 bits per heavy atom. The molecule has 0 aliphatic heterocycles. The SMILES string of the molecule is COc1cc([N+](=O)[O-])ccc1CCC#N. The summed E-state index contributed by atoms with van der Waals surface area (Å²) in [5.74, 6) is 0.458. The topological polar surface area (TPSA) is 76.2 Å². The summed E-state index contributed by atoms with van der Waals surface area (Å²) in [4.78, 5) is 10.0. The zero-order chi connectivity index (χ0) is 11.3. The summed E-state index contributed by atoms with van der Waals surface area (Å²) >= 11 is 0. The van der Waals surface area contributed by atoms with Crippen LogP contribution in [0.4, 0.5) is 5.69 Å². The lowest BCUT2D eigenvalue weighted by molar-refractivity contribution is -0.384. The van der Waals surface area contributed by atoms with E-state index in [-0.39, 0.29) is 5.69 Å². The number of hydrogen-bond donors (Lipinski definition) is 0. The minimum Gasteiger partial charge on any atom is -0.496 e. The summed E-state index contributed by atoms with van der Waals surface area (Å²) < 4.78 is 5.02. The monoisotopic (exact) mass is 206 g/mol. The third-order valence-corrected chi connectivity index (χ3v) is 1.99. The fourth-order valence-electron chi connectivity index (χ4n) is 1.24. The van der Waals surface area contributed by atoms with E-state index < -0.39 is 4.92 Å². The first-order chi connectivity index (χ1) is 7.19. The van der Waals surface area contributed by atoms with Crippen molar-refractivity contribution in [3.63, 3.8) is 0 Å². The van der Waals surface area contributed by atoms with Crippen molar-refractivity contribution in [3.8, 4) is 11.8 Å². The number of methoxy groups -OCH3 is 1. The van der Waals surface area contributed by atoms with Crippen LogP contribution in [0.3, 0.4) is 0 Å². The summed E-state index contributed by atoms with van der Waals surface area (Å²) in [5.41, 5.74) is 0.803. The number of aryl methyl sites for hydroxylation is 1. The maximum absolute atomic E-state index is 10.5. The maximum atomic E-state index is 10.5. The molecule has 1 aromatic rings. The highest BCUT2D eigenvalue weighted by Crippen LogP contribution is 2.25. The smallest absolute Gasteiger partial charge is 0.273 e. The molecule has 0 aromatic heterocycles. The largest absolute Gasteiger partial charge is 0.496 e. The summed E-state index contributed by atoms with van der Waals surface area (Å²) in [6, 6.07) is 6.41. The van der Waals surface area contributed by atoms with Crippen molar-refractivity contribution in [1.29, 1.82) is 5.26 Å². The van der Waals surface area contributed by atoms with Crippen LogP contribution in [0.25, 0.3) is 0 Å². The van der Waals surface area contributed by atoms with Gasteiger partial charge in [-0.25, -0.2) is 0 Å². The van der Waals surface area contributed by atoms with Gasteiger partial charge in [0.2, 0.25) is 0 Å². The minimum absolute atomic E-state index is 0.00689. The van der Waals surface area contributed by atoms with Crippen molar-refractivity contribution in [3.05, 3.63) is 33.9 Å². The van der Waals surface area contributed by atoms with Gasteiger partial charge in [0.25, 0.3) is 5.69 Å². The summed E-state index contributed by atoms with van der Waals surface area (Å²) in [7, 11) is 1.45. The number of ether oxygens (including phenoxy) is 1. The van der Waals surface area contributed by atoms with Gasteiger partial charge >= 0.3 is 0 Å². The first kappa shape index (κ1) is 11.0. The lowest BCUT2D eigenvalue weighted by atomic mass is 10.1. The fourth-order valence-corrected chi connectivity index (χ4v) is 1.24. The number of nitro groups is 1. The van der Waals surface area contributed by atoms with Crippen molar-refractivity contribution in [2.45, 2.75) is 12.8 Å². The van der Waals surface area contributed by atoms with Crippen molar-refractivity contribution >= 4 is 5.69 Å². The second kappa shape index (κ2) is 4.96. The highest BCUT2D eigenvalue weighted by molar-refractivity contribution is 5.44. The van der Waals surface area contributed by atoms with E-state index in [0.29, 0.717) is 18.6 Å². The van der Waals surface area contributed by atoms with Crippen LogP contribution in [0, 0.1) is 21.4 Å². The number of rotatable bonds is 4. The number of benzene rings is 1. The zero-order valence-electron chi connectivity index (χ0n) is 8.27. The molecular weight excluding hydrogens is 196 g/mol. The molecule has 5 heteroatoms. The molecule has 0 atom stereocenters. The molecule has 0 aliphatic carbocycles. The predicted molar refractivity (Wildman–Crippen MR) is 53.6 cm³/mol. The molecule has 0 saturated heterocycles. The van der Waals surface area contributed by atoms with E-state index >= 15 is 0 Å². The molecule has 0 radical (unpaired) electrons. The number of hydrogen-bond acceptors (Lipinski definition) is 4. The van der Waals surface area contributed by atoms with Crippen LogP contribution in [0.15, 0.2) is 18.2 Å². The molecule has 0 spiro atoms. The van der Waals surface area contributed by atoms with Crippen LogP contribution in [-0.2, 0) is 6.42 Å². The normalized spacial score (nSPS) is 9.33. The highest BCUT2D eigenvalue weighted by Gasteiger charge is 2.10. The lowest BCUT2D eigenvalue weighted by Crippen LogP contribution is -1.95. The van der Waals surface area contributed by atoms with E-state index in [0.717, 1.165) is 5.56 Å². The van der Waals surface area contributed by atoms with Crippen LogP contribution < -0.4 is 4.74 Å². The van der Waals surface area contributed by atoms with E-state index in [1.165, 1.54) is 19.2 Å². The van der Waals surface area contributed by atoms with E-state index in [4.69, 9.17) is 10.00 Å². The molecule has 1 rings (SSSR count). The van der Waals surface area contributed by atoms with Crippen molar-refractivity contribution in [2.24, 2.45) is 0 Å². The van der Waals surface area contributed by atoms with Crippen LogP contribution >= 0.6 is 0 Å². The van der Waals surface area contributed by atoms with Gasteiger partial charge in [0.15, 0.2) is 0 Å². The fraction of sp³-hybridized carbons (Fsp3) is 0.300. The van der Waals surface area contributed by atoms with E-state index in [1.54, 1.807) is 6.07 Å². The molecule has 1 aromatic carbocycles. The van der Waals surface area contributed by atoms with Gasteiger partial charge in [0, 0.05) is 12.5 Å². The molecule has 0 bridgehead atoms. The number of non-ortho nitro benzene ring substituents is 1. The van der Waals surface area contributed by atoms with Gasteiger partial charge in [-0.15, -0.1) is 0 Å². The predicted octanol–water partition coefficient (Wildman–Crippen LogP) is 2.06. The number of nitriles is 1. The quantitative estimate of drug-likeness (QED) is 0.558. The van der Waals surface area contributed by atoms with Gasteiger partial charge in [-0.05, 0) is 18.1 Å². The van der Waals surface area contributed by atoms with Crippen LogP contribution in [0.1, 0.15) is 12.0 Å². The Balaban J connectivity index is 2.99. The van der Waals surface area contributed by atoms with Gasteiger partial charge < -0.3 is 4.74 Å². The van der Waals surface area contributed by atoms with Crippen LogP contribution in [0.5, 0.6) is 5.75 Å². The summed E-state index contributed by atoms with van der Waals surface area (Å²) in [6.07, 6.45) is 0.909. The molecule has 0 unspecified atom stereocenters. The molecule has 0 fully saturated rings. The first-order valence-corrected chi connectivity index (χ1v) is 4.37. The average Bonchev–Trinajstić information content (AvgIpc) is 2.25. The first-order valence-electron chi connectivity index (χ1n) is 4.37. The Labute approximate surface area is 87.1 Å². The zero-order valence-corrected chi connectivity index (χ0v) is 8.27. The molecule has 78 valence electrons. The summed E-state index contributed by atoms with van der Waals surface area (Å²) in [5, 5.41) is 18.9. The Morgan fingerprint density at radius 2 is 2.33 bits per heavy atom. The Morgan fingerprint density at radius 3 is 2.87 bits per heavy atom. The van der Waals surface area contributed by atoms with Gasteiger partial charge in [-0.3, -0.25) is 10.1 Å². The van der Waals surface area contributed by atoms with E-state index in [9.17, 15) is 10.1 Å². The molecule has 5 nitrogen and oxygen atoms in total. The van der Waals surface area contributed by atoms with Crippen LogP contribution in [-0.4, -0.2) is 12.0 Å². The second-order valence-electron chi connectivity index (χ2n) is 2.91. The van der Waals surface area contributed by atoms with Gasteiger partial charge in [-0.2, -0.15) is 5.26 Å². The van der Waals surface area contributed by atoms with Gasteiger partial charge in [0.05, 0.1) is 24.2 Å². The minimum atomic E-state index is -0.476. The van der Waals surface area contributed by atoms with Crippen molar-refractivity contribution in [2.75, 3.05) is 7.11 Å². The Kier molecular flexibility index (Phi) is 3.63. The highest BCUT2D eigenvalue weighted by atomic mass is 16.6. The van der Waals surface area contributed by atoms with Crippen molar-refractivity contribution in [1.82, 2.24) is 0 Å². The number of nitrogens with zero attached hydrogens (tertiary/aromatic N) is 2. The van der Waals surface area contributed by atoms with Crippen molar-refractivity contribution < 1.29 is 9.66 Å². The third kappa shape index (κ3) is 2.68. The van der Waals surface area contributed by atoms with Crippen LogP contribution in [0.2, 0.25) is 0 Å². The molecule has 0 amide bonds. The molecular formula is C10H10N2O3. The standard InChI is InChI=1S/C10H10N2O3/c1-15-10-7-9(12(13)14)5-4-8(10)3-2-6-11/h4-5,7H,2-3H2,1H3. The maximum Gasteiger partial charge on any atom is 0.273 e. The number of nitro benzene ring substituents is 1. The molecule has 0 heterocycles. The summed E-state index contributed by atoms with van der Waals surface area (Å²) in [6.45, 7) is 0. The molecule has 15 heavy (non-hydrogen) atoms. The lowest BCUT2D eigenvalue weighted by Gasteiger charge is -2.05. The molecule has 0 saturated carbocycles.